The molecular weight excluding hydrogens is 697 g/mol. The average Bonchev–Trinajstić information content (AvgIpc) is 3.19. The number of carbonyl (C=O) groups excluding carboxylic acids is 3. The molecule has 0 saturated carbocycles. The normalized spacial score (nSPS) is 12.7. The standard InChI is InChI=1S/C50H84O6/c1-4-7-10-13-16-19-21-23-25-27-28-31-34-37-40-43-49(52)55-46-47(45-54-48(51)42-39-36-33-30-18-15-12-9-6-3)56-50(53)44-41-38-35-32-29-26-24-22-20-17-14-11-8-5-2/h7,10,13,16,19,21,23,25-29,47H,4-6,8-9,11-12,14-15,17-18,20,22,24,30-46H2,1-3H3/b10-7-,16-13-,21-19-,25-23-,28-27-,29-26-. The number of unbranched alkanes of at least 4 members (excludes halogenated alkanes) is 21. The van der Waals surface area contributed by atoms with Gasteiger partial charge in [0, 0.05) is 19.3 Å². The number of ether oxygens (including phenoxy) is 3. The van der Waals surface area contributed by atoms with Crippen LogP contribution in [-0.4, -0.2) is 37.2 Å². The van der Waals surface area contributed by atoms with Crippen molar-refractivity contribution < 1.29 is 28.6 Å². The summed E-state index contributed by atoms with van der Waals surface area (Å²) in [5.74, 6) is -0.961. The fraction of sp³-hybridized carbons (Fsp3) is 0.700. The molecule has 0 heterocycles. The van der Waals surface area contributed by atoms with Crippen LogP contribution < -0.4 is 0 Å². The van der Waals surface area contributed by atoms with Crippen molar-refractivity contribution in [3.8, 4) is 0 Å². The van der Waals surface area contributed by atoms with E-state index in [1.807, 2.05) is 48.6 Å². The van der Waals surface area contributed by atoms with Crippen molar-refractivity contribution in [1.29, 1.82) is 0 Å². The smallest absolute Gasteiger partial charge is 0.306 e. The molecule has 1 atom stereocenters. The quantitative estimate of drug-likeness (QED) is 0.0203. The summed E-state index contributed by atoms with van der Waals surface area (Å²) in [6, 6.07) is 0. The van der Waals surface area contributed by atoms with E-state index in [1.54, 1.807) is 0 Å². The molecular formula is C50H84O6. The number of allylic oxidation sites excluding steroid dienone is 12. The molecule has 0 aromatic carbocycles. The monoisotopic (exact) mass is 781 g/mol. The van der Waals surface area contributed by atoms with Gasteiger partial charge < -0.3 is 14.2 Å². The zero-order chi connectivity index (χ0) is 40.8. The molecule has 0 spiro atoms. The molecule has 0 rings (SSSR count). The van der Waals surface area contributed by atoms with Crippen LogP contribution in [0.3, 0.4) is 0 Å². The first kappa shape index (κ1) is 52.9. The van der Waals surface area contributed by atoms with Crippen LogP contribution >= 0.6 is 0 Å². The van der Waals surface area contributed by atoms with E-state index in [4.69, 9.17) is 14.2 Å². The van der Waals surface area contributed by atoms with E-state index in [9.17, 15) is 14.4 Å². The molecule has 0 radical (unpaired) electrons. The lowest BCUT2D eigenvalue weighted by Crippen LogP contribution is -2.30. The number of esters is 3. The highest BCUT2D eigenvalue weighted by Crippen LogP contribution is 2.13. The SMILES string of the molecule is CC\C=C/C=C\C=C/C=C\C=C/CCCCCC(=O)OCC(COC(=O)CCCCCCCCCCC)OC(=O)CCCCC/C=C\CCCCCCCCC. The van der Waals surface area contributed by atoms with Crippen molar-refractivity contribution >= 4 is 17.9 Å². The topological polar surface area (TPSA) is 78.9 Å². The van der Waals surface area contributed by atoms with E-state index in [2.05, 4.69) is 45.1 Å². The average molecular weight is 781 g/mol. The van der Waals surface area contributed by atoms with Gasteiger partial charge in [0.1, 0.15) is 13.2 Å². The molecule has 1 unspecified atom stereocenters. The fourth-order valence-electron chi connectivity index (χ4n) is 6.10. The second-order valence-electron chi connectivity index (χ2n) is 15.1. The Morgan fingerprint density at radius 3 is 1.16 bits per heavy atom. The molecule has 0 fully saturated rings. The fourth-order valence-corrected chi connectivity index (χ4v) is 6.10. The Labute approximate surface area is 344 Å². The summed E-state index contributed by atoms with van der Waals surface area (Å²) in [7, 11) is 0. The summed E-state index contributed by atoms with van der Waals surface area (Å²) in [5.41, 5.74) is 0. The van der Waals surface area contributed by atoms with Gasteiger partial charge in [0.05, 0.1) is 0 Å². The molecule has 0 aliphatic heterocycles. The van der Waals surface area contributed by atoms with Crippen LogP contribution in [0, 0.1) is 0 Å². The Kier molecular flexibility index (Phi) is 42.1. The molecule has 6 nitrogen and oxygen atoms in total. The van der Waals surface area contributed by atoms with Crippen LogP contribution in [0.1, 0.15) is 207 Å². The first-order valence-corrected chi connectivity index (χ1v) is 23.0. The van der Waals surface area contributed by atoms with Gasteiger partial charge in [-0.05, 0) is 64.2 Å². The van der Waals surface area contributed by atoms with Crippen LogP contribution in [0.25, 0.3) is 0 Å². The molecule has 6 heteroatoms. The maximum atomic E-state index is 12.7. The Morgan fingerprint density at radius 1 is 0.375 bits per heavy atom. The van der Waals surface area contributed by atoms with Gasteiger partial charge in [-0.1, -0.05) is 196 Å². The van der Waals surface area contributed by atoms with E-state index in [-0.39, 0.29) is 31.1 Å². The summed E-state index contributed by atoms with van der Waals surface area (Å²) in [6.45, 7) is 6.40. The van der Waals surface area contributed by atoms with Crippen LogP contribution in [0.5, 0.6) is 0 Å². The number of carbonyl (C=O) groups is 3. The van der Waals surface area contributed by atoms with Gasteiger partial charge in [0.2, 0.25) is 0 Å². The van der Waals surface area contributed by atoms with E-state index in [0.29, 0.717) is 19.3 Å². The molecule has 320 valence electrons. The third-order valence-electron chi connectivity index (χ3n) is 9.57. The number of hydrogen-bond donors (Lipinski definition) is 0. The minimum atomic E-state index is -0.796. The lowest BCUT2D eigenvalue weighted by Gasteiger charge is -2.18. The van der Waals surface area contributed by atoms with Crippen molar-refractivity contribution in [3.05, 3.63) is 72.9 Å². The third-order valence-corrected chi connectivity index (χ3v) is 9.57. The van der Waals surface area contributed by atoms with Gasteiger partial charge in [0.15, 0.2) is 6.10 Å². The first-order chi connectivity index (χ1) is 27.5. The van der Waals surface area contributed by atoms with E-state index < -0.39 is 6.10 Å². The zero-order valence-corrected chi connectivity index (χ0v) is 36.4. The van der Waals surface area contributed by atoms with Crippen LogP contribution in [0.15, 0.2) is 72.9 Å². The molecule has 0 N–H and O–H groups in total. The summed E-state index contributed by atoms with van der Waals surface area (Å²) in [6.07, 6.45) is 54.6. The Balaban J connectivity index is 4.47. The van der Waals surface area contributed by atoms with Crippen molar-refractivity contribution in [3.63, 3.8) is 0 Å². The van der Waals surface area contributed by atoms with E-state index in [0.717, 1.165) is 83.5 Å². The first-order valence-electron chi connectivity index (χ1n) is 23.0. The summed E-state index contributed by atoms with van der Waals surface area (Å²) in [4.78, 5) is 37.7. The van der Waals surface area contributed by atoms with Gasteiger partial charge in [-0.3, -0.25) is 14.4 Å². The minimum absolute atomic E-state index is 0.0948. The van der Waals surface area contributed by atoms with Gasteiger partial charge >= 0.3 is 17.9 Å². The molecule has 0 aliphatic rings. The molecule has 0 aliphatic carbocycles. The summed E-state index contributed by atoms with van der Waals surface area (Å²) < 4.78 is 16.6. The molecule has 56 heavy (non-hydrogen) atoms. The predicted molar refractivity (Wildman–Crippen MR) is 238 cm³/mol. The second kappa shape index (κ2) is 44.6. The highest BCUT2D eigenvalue weighted by Gasteiger charge is 2.19. The lowest BCUT2D eigenvalue weighted by atomic mass is 10.1. The third kappa shape index (κ3) is 42.0. The number of rotatable bonds is 40. The van der Waals surface area contributed by atoms with Gasteiger partial charge in [-0.2, -0.15) is 0 Å². The highest BCUT2D eigenvalue weighted by atomic mass is 16.6. The van der Waals surface area contributed by atoms with Crippen molar-refractivity contribution in [1.82, 2.24) is 0 Å². The van der Waals surface area contributed by atoms with Crippen LogP contribution in [-0.2, 0) is 28.6 Å². The second-order valence-corrected chi connectivity index (χ2v) is 15.1. The van der Waals surface area contributed by atoms with Crippen molar-refractivity contribution in [2.24, 2.45) is 0 Å². The van der Waals surface area contributed by atoms with E-state index >= 15 is 0 Å². The van der Waals surface area contributed by atoms with Gasteiger partial charge in [-0.15, -0.1) is 0 Å². The Bertz CT molecular complexity index is 1080. The summed E-state index contributed by atoms with van der Waals surface area (Å²) >= 11 is 0. The Hall–Kier alpha value is -3.15. The molecule has 0 bridgehead atoms. The number of hydrogen-bond acceptors (Lipinski definition) is 6. The van der Waals surface area contributed by atoms with Gasteiger partial charge in [-0.25, -0.2) is 0 Å². The lowest BCUT2D eigenvalue weighted by molar-refractivity contribution is -0.167. The maximum absolute atomic E-state index is 12.7. The molecule has 0 aromatic heterocycles. The largest absolute Gasteiger partial charge is 0.462 e. The highest BCUT2D eigenvalue weighted by molar-refractivity contribution is 5.71. The Morgan fingerprint density at radius 2 is 0.714 bits per heavy atom. The molecule has 0 saturated heterocycles. The molecule has 0 aromatic rings. The minimum Gasteiger partial charge on any atom is -0.462 e. The molecule has 0 amide bonds. The van der Waals surface area contributed by atoms with Crippen molar-refractivity contribution in [2.75, 3.05) is 13.2 Å². The zero-order valence-electron chi connectivity index (χ0n) is 36.4. The van der Waals surface area contributed by atoms with Gasteiger partial charge in [0.25, 0.3) is 0 Å². The van der Waals surface area contributed by atoms with Crippen LogP contribution in [0.4, 0.5) is 0 Å². The van der Waals surface area contributed by atoms with E-state index in [1.165, 1.54) is 83.5 Å². The maximum Gasteiger partial charge on any atom is 0.306 e. The predicted octanol–water partition coefficient (Wildman–Crippen LogP) is 14.7. The summed E-state index contributed by atoms with van der Waals surface area (Å²) in [5, 5.41) is 0. The van der Waals surface area contributed by atoms with Crippen LogP contribution in [0.2, 0.25) is 0 Å². The van der Waals surface area contributed by atoms with Crippen molar-refractivity contribution in [2.45, 2.75) is 213 Å².